The number of rotatable bonds is 8. The predicted molar refractivity (Wildman–Crippen MR) is 135 cm³/mol. The van der Waals surface area contributed by atoms with Crippen LogP contribution in [0.15, 0.2) is 30.3 Å². The van der Waals surface area contributed by atoms with Gasteiger partial charge < -0.3 is 15.0 Å². The molecule has 4 fully saturated rings. The number of amides is 3. The molecule has 1 aliphatic heterocycles. The van der Waals surface area contributed by atoms with Gasteiger partial charge in [0.05, 0.1) is 12.6 Å². The number of fused-ring (bicyclic) bond motifs is 3. The van der Waals surface area contributed by atoms with Crippen LogP contribution in [0.25, 0.3) is 0 Å². The molecule has 3 amide bonds. The van der Waals surface area contributed by atoms with E-state index in [0.717, 1.165) is 12.0 Å². The van der Waals surface area contributed by atoms with Crippen molar-refractivity contribution in [2.24, 2.45) is 5.41 Å². The molecule has 0 spiro atoms. The highest BCUT2D eigenvalue weighted by atomic mass is 19.1. The monoisotopic (exact) mass is 512 g/mol. The van der Waals surface area contributed by atoms with Crippen molar-refractivity contribution in [2.45, 2.75) is 95.6 Å². The second kappa shape index (κ2) is 11.1. The molecule has 200 valence electrons. The van der Waals surface area contributed by atoms with E-state index in [1.807, 2.05) is 50.2 Å². The molecular weight excluding hydrogens is 475 g/mol. The molecule has 2 bridgehead atoms. The summed E-state index contributed by atoms with van der Waals surface area (Å²) in [5.74, 6) is -0.373. The molecule has 9 heteroatoms. The maximum Gasteiger partial charge on any atom is 0.411 e. The van der Waals surface area contributed by atoms with E-state index in [-0.39, 0.29) is 38.1 Å². The zero-order chi connectivity index (χ0) is 26.6. The average Bonchev–Trinajstić information content (AvgIpc) is 3.32. The highest BCUT2D eigenvalue weighted by Gasteiger charge is 2.56. The fraction of sp³-hybridized carbons (Fsp3) is 0.643. The number of nitrogens with zero attached hydrogens (tertiary/aromatic N) is 3. The quantitative estimate of drug-likeness (QED) is 0.565. The molecule has 1 saturated heterocycles. The highest BCUT2D eigenvalue weighted by molar-refractivity contribution is 5.85. The largest absolute Gasteiger partial charge is 0.445 e. The first kappa shape index (κ1) is 26.9. The number of nitriles is 1. The topological polar surface area (TPSA) is 103 Å². The summed E-state index contributed by atoms with van der Waals surface area (Å²) in [6.45, 7) is 3.68. The summed E-state index contributed by atoms with van der Waals surface area (Å²) in [5, 5.41) is 12.5. The van der Waals surface area contributed by atoms with Gasteiger partial charge in [0, 0.05) is 23.4 Å². The van der Waals surface area contributed by atoms with E-state index in [1.165, 1.54) is 9.80 Å². The Morgan fingerprint density at radius 1 is 1.19 bits per heavy atom. The molecule has 1 aromatic carbocycles. The Hall–Kier alpha value is -3.15. The molecule has 4 aliphatic rings. The van der Waals surface area contributed by atoms with Crippen LogP contribution in [0.3, 0.4) is 0 Å². The van der Waals surface area contributed by atoms with E-state index in [2.05, 4.69) is 5.32 Å². The van der Waals surface area contributed by atoms with Crippen LogP contribution in [0.2, 0.25) is 0 Å². The van der Waals surface area contributed by atoms with E-state index < -0.39 is 35.2 Å². The van der Waals surface area contributed by atoms with Gasteiger partial charge in [0.15, 0.2) is 0 Å². The Kier molecular flexibility index (Phi) is 8.05. The maximum atomic E-state index is 14.0. The van der Waals surface area contributed by atoms with Crippen LogP contribution in [0, 0.1) is 16.7 Å². The minimum atomic E-state index is -1.25. The lowest BCUT2D eigenvalue weighted by atomic mass is 9.56. The number of carbonyl (C=O) groups excluding carboxylic acids is 3. The SMILES string of the molecule is CCC(C)NC(=O)C12CCC(N(CC(=O)N3C[C@@H](F)C[C@H]3C#N)C(=O)OCc3ccccc3)(CC1)CC2. The smallest absolute Gasteiger partial charge is 0.411 e. The van der Waals surface area contributed by atoms with Crippen molar-refractivity contribution in [3.05, 3.63) is 35.9 Å². The maximum absolute atomic E-state index is 14.0. The fourth-order valence-corrected chi connectivity index (χ4v) is 6.02. The first-order valence-electron chi connectivity index (χ1n) is 13.3. The molecule has 1 unspecified atom stereocenters. The average molecular weight is 513 g/mol. The Balaban J connectivity index is 1.51. The van der Waals surface area contributed by atoms with Gasteiger partial charge >= 0.3 is 6.09 Å². The summed E-state index contributed by atoms with van der Waals surface area (Å²) in [4.78, 5) is 42.6. The molecule has 3 atom stereocenters. The van der Waals surface area contributed by atoms with Crippen molar-refractivity contribution in [1.82, 2.24) is 15.1 Å². The van der Waals surface area contributed by atoms with E-state index in [4.69, 9.17) is 4.74 Å². The molecular formula is C28H37FN4O4. The van der Waals surface area contributed by atoms with Crippen molar-refractivity contribution in [3.8, 4) is 6.07 Å². The van der Waals surface area contributed by atoms with Gasteiger partial charge in [0.25, 0.3) is 0 Å². The number of benzene rings is 1. The molecule has 0 aromatic heterocycles. The van der Waals surface area contributed by atoms with Gasteiger partial charge in [0.2, 0.25) is 11.8 Å². The van der Waals surface area contributed by atoms with Crippen LogP contribution in [0.5, 0.6) is 0 Å². The zero-order valence-electron chi connectivity index (χ0n) is 21.7. The van der Waals surface area contributed by atoms with Crippen LogP contribution in [0.1, 0.15) is 70.8 Å². The van der Waals surface area contributed by atoms with Crippen molar-refractivity contribution in [2.75, 3.05) is 13.1 Å². The Morgan fingerprint density at radius 2 is 1.84 bits per heavy atom. The molecule has 1 heterocycles. The van der Waals surface area contributed by atoms with E-state index in [9.17, 15) is 24.0 Å². The Bertz CT molecular complexity index is 1020. The summed E-state index contributed by atoms with van der Waals surface area (Å²) in [7, 11) is 0. The molecule has 3 aliphatic carbocycles. The van der Waals surface area contributed by atoms with Crippen LogP contribution in [-0.4, -0.2) is 64.6 Å². The van der Waals surface area contributed by atoms with Crippen LogP contribution in [0.4, 0.5) is 9.18 Å². The van der Waals surface area contributed by atoms with Gasteiger partial charge in [-0.1, -0.05) is 37.3 Å². The number of halogens is 1. The van der Waals surface area contributed by atoms with Crippen LogP contribution < -0.4 is 5.32 Å². The third-order valence-electron chi connectivity index (χ3n) is 8.69. The third kappa shape index (κ3) is 5.58. The lowest BCUT2D eigenvalue weighted by Crippen LogP contribution is -2.63. The first-order chi connectivity index (χ1) is 17.7. The second-order valence-corrected chi connectivity index (χ2v) is 10.9. The lowest BCUT2D eigenvalue weighted by Gasteiger charge is -2.56. The van der Waals surface area contributed by atoms with Gasteiger partial charge in [-0.2, -0.15) is 5.26 Å². The molecule has 0 radical (unpaired) electrons. The van der Waals surface area contributed by atoms with Gasteiger partial charge in [-0.05, 0) is 57.4 Å². The highest BCUT2D eigenvalue weighted by Crippen LogP contribution is 2.55. The van der Waals surface area contributed by atoms with Crippen molar-refractivity contribution >= 4 is 17.9 Å². The van der Waals surface area contributed by atoms with Gasteiger partial charge in [-0.25, -0.2) is 9.18 Å². The summed E-state index contributed by atoms with van der Waals surface area (Å²) < 4.78 is 19.7. The van der Waals surface area contributed by atoms with Gasteiger partial charge in [-0.15, -0.1) is 0 Å². The second-order valence-electron chi connectivity index (χ2n) is 10.9. The van der Waals surface area contributed by atoms with Gasteiger partial charge in [0.1, 0.15) is 25.4 Å². The minimum absolute atomic E-state index is 0.0142. The van der Waals surface area contributed by atoms with Crippen molar-refractivity contribution < 1.29 is 23.5 Å². The number of carbonyl (C=O) groups is 3. The number of hydrogen-bond acceptors (Lipinski definition) is 5. The van der Waals surface area contributed by atoms with Crippen molar-refractivity contribution in [3.63, 3.8) is 0 Å². The third-order valence-corrected chi connectivity index (χ3v) is 8.69. The van der Waals surface area contributed by atoms with E-state index >= 15 is 0 Å². The molecule has 1 aromatic rings. The summed E-state index contributed by atoms with van der Waals surface area (Å²) in [5.41, 5.74) is -0.229. The first-order valence-corrected chi connectivity index (χ1v) is 13.3. The van der Waals surface area contributed by atoms with E-state index in [0.29, 0.717) is 38.5 Å². The van der Waals surface area contributed by atoms with Gasteiger partial charge in [-0.3, -0.25) is 14.5 Å². The van der Waals surface area contributed by atoms with Crippen LogP contribution >= 0.6 is 0 Å². The predicted octanol–water partition coefficient (Wildman–Crippen LogP) is 4.10. The number of ether oxygens (including phenoxy) is 1. The summed E-state index contributed by atoms with van der Waals surface area (Å²) >= 11 is 0. The molecule has 3 saturated carbocycles. The molecule has 37 heavy (non-hydrogen) atoms. The number of hydrogen-bond donors (Lipinski definition) is 1. The van der Waals surface area contributed by atoms with E-state index in [1.54, 1.807) is 0 Å². The Labute approximate surface area is 218 Å². The standard InChI is InChI=1S/C28H37FN4O4/c1-3-20(2)31-25(35)27-9-12-28(13-10-27,14-11-27)33(26(36)37-19-21-7-5-4-6-8-21)18-24(34)32-17-22(29)15-23(32)16-30/h4-8,20,22-23H,3,9-15,17-19H2,1-2H3,(H,31,35)/t20?,22-,23-,27?,28?/m0/s1. The molecule has 8 nitrogen and oxygen atoms in total. The normalized spacial score (nSPS) is 29.3. The number of alkyl halides is 1. The summed E-state index contributed by atoms with van der Waals surface area (Å²) in [6.07, 6.45) is 2.63. The van der Waals surface area contributed by atoms with Crippen molar-refractivity contribution in [1.29, 1.82) is 5.26 Å². The Morgan fingerprint density at radius 3 is 2.43 bits per heavy atom. The number of nitrogens with one attached hydrogen (secondary N) is 1. The fourth-order valence-electron chi connectivity index (χ4n) is 6.02. The minimum Gasteiger partial charge on any atom is -0.445 e. The zero-order valence-corrected chi connectivity index (χ0v) is 21.7. The molecule has 1 N–H and O–H groups in total. The van der Waals surface area contributed by atoms with Crippen LogP contribution in [-0.2, 0) is 20.9 Å². The molecule has 5 rings (SSSR count). The summed E-state index contributed by atoms with van der Waals surface area (Å²) in [6, 6.07) is 10.6. The lowest BCUT2D eigenvalue weighted by molar-refractivity contribution is -0.145. The number of likely N-dealkylation sites (tertiary alicyclic amines) is 1.